The molecular weight excluding hydrogens is 743 g/mol. The smallest absolute Gasteiger partial charge is 0.0543 e. The van der Waals surface area contributed by atoms with Crippen LogP contribution in [0.1, 0.15) is 47.2 Å². The normalized spacial score (nSPS) is 17.3. The molecule has 2 aliphatic carbocycles. The first-order valence-electron chi connectivity index (χ1n) is 20.9. The van der Waals surface area contributed by atoms with Gasteiger partial charge in [-0.25, -0.2) is 0 Å². The molecule has 2 unspecified atom stereocenters. The largest absolute Gasteiger partial charge is 0.310 e. The second-order valence-corrected chi connectivity index (χ2v) is 17.7. The molecule has 0 aliphatic heterocycles. The zero-order valence-electron chi connectivity index (χ0n) is 33.6. The second kappa shape index (κ2) is 13.3. The van der Waals surface area contributed by atoms with Crippen molar-refractivity contribution in [2.75, 3.05) is 4.90 Å². The van der Waals surface area contributed by atoms with Crippen molar-refractivity contribution in [3.8, 4) is 33.4 Å². The minimum Gasteiger partial charge on any atom is -0.310 e. The standard InChI is InChI=1S/C58H41NS/c1-57(39-19-5-3-6-20-39)50-30-13-10-26-48(50)55-51(57)31-17-32-53(55)59(41-23-15-18-38(36-41)43-27-16-28-47-46-25-11-14-33-54(46)60-56(43)47)42-34-35-45-44-24-9-12-29-49(44)58(2,52(45)37-42)40-21-7-4-8-22-40/h3-37H,1-2H3. The van der Waals surface area contributed by atoms with Crippen molar-refractivity contribution in [1.82, 2.24) is 0 Å². The highest BCUT2D eigenvalue weighted by Crippen LogP contribution is 2.58. The van der Waals surface area contributed by atoms with Crippen LogP contribution in [0.5, 0.6) is 0 Å². The number of fused-ring (bicyclic) bond motifs is 9. The van der Waals surface area contributed by atoms with Gasteiger partial charge in [-0.1, -0.05) is 176 Å². The van der Waals surface area contributed by atoms with Gasteiger partial charge in [-0.3, -0.25) is 0 Å². The van der Waals surface area contributed by atoms with Crippen molar-refractivity contribution >= 4 is 48.6 Å². The summed E-state index contributed by atoms with van der Waals surface area (Å²) >= 11 is 1.89. The molecular formula is C58H41NS. The molecule has 60 heavy (non-hydrogen) atoms. The molecule has 1 nitrogen and oxygen atoms in total. The Morgan fingerprint density at radius 1 is 0.383 bits per heavy atom. The molecule has 0 fully saturated rings. The van der Waals surface area contributed by atoms with Crippen molar-refractivity contribution in [2.24, 2.45) is 0 Å². The summed E-state index contributed by atoms with van der Waals surface area (Å²) in [6.07, 6.45) is 0. The van der Waals surface area contributed by atoms with Crippen molar-refractivity contribution in [3.05, 3.63) is 246 Å². The van der Waals surface area contributed by atoms with Gasteiger partial charge in [0, 0.05) is 47.9 Å². The number of anilines is 3. The predicted molar refractivity (Wildman–Crippen MR) is 254 cm³/mol. The molecule has 2 atom stereocenters. The molecule has 12 rings (SSSR count). The van der Waals surface area contributed by atoms with Crippen molar-refractivity contribution in [2.45, 2.75) is 24.7 Å². The summed E-state index contributed by atoms with van der Waals surface area (Å²) < 4.78 is 2.64. The average molecular weight is 784 g/mol. The maximum Gasteiger partial charge on any atom is 0.0543 e. The molecule has 0 saturated heterocycles. The first kappa shape index (κ1) is 35.0. The van der Waals surface area contributed by atoms with Gasteiger partial charge in [-0.05, 0) is 111 Å². The minimum atomic E-state index is -0.329. The van der Waals surface area contributed by atoms with E-state index < -0.39 is 0 Å². The first-order valence-corrected chi connectivity index (χ1v) is 21.7. The molecule has 2 aliphatic rings. The summed E-state index contributed by atoms with van der Waals surface area (Å²) in [4.78, 5) is 2.54. The summed E-state index contributed by atoms with van der Waals surface area (Å²) in [5, 5.41) is 2.63. The molecule has 0 radical (unpaired) electrons. The molecule has 0 spiro atoms. The third kappa shape index (κ3) is 4.92. The first-order chi connectivity index (χ1) is 29.5. The van der Waals surface area contributed by atoms with E-state index in [-0.39, 0.29) is 10.8 Å². The van der Waals surface area contributed by atoms with Gasteiger partial charge in [0.15, 0.2) is 0 Å². The predicted octanol–water partition coefficient (Wildman–Crippen LogP) is 15.9. The summed E-state index contributed by atoms with van der Waals surface area (Å²) in [5.74, 6) is 0. The van der Waals surface area contributed by atoms with Crippen LogP contribution in [0.3, 0.4) is 0 Å². The molecule has 0 N–H and O–H groups in total. The zero-order valence-corrected chi connectivity index (χ0v) is 34.4. The Morgan fingerprint density at radius 3 is 1.72 bits per heavy atom. The number of thiophene rings is 1. The molecule has 10 aromatic rings. The van der Waals surface area contributed by atoms with Crippen molar-refractivity contribution in [3.63, 3.8) is 0 Å². The highest BCUT2D eigenvalue weighted by molar-refractivity contribution is 7.26. The van der Waals surface area contributed by atoms with E-state index in [1.807, 2.05) is 11.3 Å². The number of benzene rings is 9. The monoisotopic (exact) mass is 783 g/mol. The van der Waals surface area contributed by atoms with E-state index in [9.17, 15) is 0 Å². The second-order valence-electron chi connectivity index (χ2n) is 16.7. The summed E-state index contributed by atoms with van der Waals surface area (Å²) in [7, 11) is 0. The van der Waals surface area contributed by atoms with Crippen LogP contribution >= 0.6 is 11.3 Å². The Morgan fingerprint density at radius 2 is 0.933 bits per heavy atom. The third-order valence-electron chi connectivity index (χ3n) is 13.6. The van der Waals surface area contributed by atoms with Gasteiger partial charge in [0.25, 0.3) is 0 Å². The third-order valence-corrected chi connectivity index (χ3v) is 14.9. The van der Waals surface area contributed by atoms with Gasteiger partial charge < -0.3 is 4.90 Å². The van der Waals surface area contributed by atoms with E-state index in [0.717, 1.165) is 11.4 Å². The summed E-state index contributed by atoms with van der Waals surface area (Å²) in [6, 6.07) is 79.1. The number of nitrogens with zero attached hydrogens (tertiary/aromatic N) is 1. The lowest BCUT2D eigenvalue weighted by atomic mass is 9.74. The van der Waals surface area contributed by atoms with E-state index in [1.165, 1.54) is 92.6 Å². The topological polar surface area (TPSA) is 3.24 Å². The minimum absolute atomic E-state index is 0.320. The van der Waals surface area contributed by atoms with Gasteiger partial charge in [0.2, 0.25) is 0 Å². The zero-order chi connectivity index (χ0) is 40.0. The molecule has 1 aromatic heterocycles. The summed E-state index contributed by atoms with van der Waals surface area (Å²) in [5.41, 5.74) is 18.4. The highest BCUT2D eigenvalue weighted by atomic mass is 32.1. The van der Waals surface area contributed by atoms with Crippen LogP contribution in [0.4, 0.5) is 17.1 Å². The van der Waals surface area contributed by atoms with Gasteiger partial charge in [-0.2, -0.15) is 0 Å². The van der Waals surface area contributed by atoms with Gasteiger partial charge in [0.1, 0.15) is 0 Å². The van der Waals surface area contributed by atoms with E-state index in [4.69, 9.17) is 0 Å². The molecule has 2 heteroatoms. The quantitative estimate of drug-likeness (QED) is 0.162. The Hall–Kier alpha value is -7.00. The lowest BCUT2D eigenvalue weighted by molar-refractivity contribution is 0.713. The summed E-state index contributed by atoms with van der Waals surface area (Å²) in [6.45, 7) is 4.82. The van der Waals surface area contributed by atoms with Crippen LogP contribution in [0, 0.1) is 0 Å². The van der Waals surface area contributed by atoms with Crippen LogP contribution in [-0.4, -0.2) is 0 Å². The lowest BCUT2D eigenvalue weighted by Crippen LogP contribution is -2.23. The Labute approximate surface area is 355 Å². The van der Waals surface area contributed by atoms with Crippen LogP contribution < -0.4 is 4.90 Å². The fraction of sp³-hybridized carbons (Fsp3) is 0.0690. The van der Waals surface area contributed by atoms with Gasteiger partial charge in [-0.15, -0.1) is 11.3 Å². The molecule has 284 valence electrons. The van der Waals surface area contributed by atoms with Crippen LogP contribution in [0.2, 0.25) is 0 Å². The number of hydrogen-bond acceptors (Lipinski definition) is 2. The number of rotatable bonds is 6. The van der Waals surface area contributed by atoms with E-state index in [2.05, 4.69) is 231 Å². The maximum absolute atomic E-state index is 2.54. The molecule has 0 bridgehead atoms. The van der Waals surface area contributed by atoms with Crippen molar-refractivity contribution in [1.29, 1.82) is 0 Å². The molecule has 9 aromatic carbocycles. The Bertz CT molecular complexity index is 3310. The fourth-order valence-electron chi connectivity index (χ4n) is 10.7. The highest BCUT2D eigenvalue weighted by Gasteiger charge is 2.44. The maximum atomic E-state index is 2.54. The number of hydrogen-bond donors (Lipinski definition) is 0. The van der Waals surface area contributed by atoms with Crippen LogP contribution in [0.25, 0.3) is 53.6 Å². The molecule has 1 heterocycles. The van der Waals surface area contributed by atoms with E-state index in [0.29, 0.717) is 0 Å². The average Bonchev–Trinajstić information content (AvgIpc) is 3.92. The van der Waals surface area contributed by atoms with Gasteiger partial charge in [0.05, 0.1) is 5.69 Å². The van der Waals surface area contributed by atoms with Crippen molar-refractivity contribution < 1.29 is 0 Å². The van der Waals surface area contributed by atoms with E-state index >= 15 is 0 Å². The fourth-order valence-corrected chi connectivity index (χ4v) is 11.9. The van der Waals surface area contributed by atoms with Gasteiger partial charge >= 0.3 is 0 Å². The Balaban J connectivity index is 1.12. The molecule has 0 amide bonds. The SMILES string of the molecule is CC1(c2ccccc2)c2ccccc2-c2ccc(N(c3cccc(-c4cccc5c4sc4ccccc45)c3)c3cccc4c3-c3ccccc3C4(C)c3ccccc3)cc21. The van der Waals surface area contributed by atoms with Crippen LogP contribution in [0.15, 0.2) is 212 Å². The van der Waals surface area contributed by atoms with Crippen LogP contribution in [-0.2, 0) is 10.8 Å². The lowest BCUT2D eigenvalue weighted by Gasteiger charge is -2.32. The molecule has 0 saturated carbocycles. The van der Waals surface area contributed by atoms with E-state index in [1.54, 1.807) is 0 Å². The Kier molecular flexibility index (Phi) is 7.73.